The molecule has 0 bridgehead atoms. The van der Waals surface area contributed by atoms with Crippen molar-refractivity contribution in [1.82, 2.24) is 0 Å². The second kappa shape index (κ2) is 3.96. The lowest BCUT2D eigenvalue weighted by atomic mass is 10.1. The van der Waals surface area contributed by atoms with Crippen LogP contribution in [0.5, 0.6) is 0 Å². The van der Waals surface area contributed by atoms with Gasteiger partial charge in [-0.3, -0.25) is 0 Å². The van der Waals surface area contributed by atoms with Gasteiger partial charge in [-0.1, -0.05) is 6.07 Å². The third kappa shape index (κ3) is 2.23. The number of benzene rings is 1. The summed E-state index contributed by atoms with van der Waals surface area (Å²) in [6.07, 6.45) is -4.55. The van der Waals surface area contributed by atoms with Gasteiger partial charge in [0.15, 0.2) is 0 Å². The second-order valence-electron chi connectivity index (χ2n) is 2.70. The maximum atomic E-state index is 13.0. The minimum Gasteiger partial charge on any atom is -0.380 e. The van der Waals surface area contributed by atoms with E-state index in [4.69, 9.17) is 0 Å². The number of methoxy groups -OCH3 is 1. The first-order chi connectivity index (χ1) is 6.46. The van der Waals surface area contributed by atoms with E-state index in [0.717, 1.165) is 18.2 Å². The van der Waals surface area contributed by atoms with E-state index in [2.05, 4.69) is 4.74 Å². The quantitative estimate of drug-likeness (QED) is 0.679. The fourth-order valence-corrected chi connectivity index (χ4v) is 1.12. The monoisotopic (exact) mass is 208 g/mol. The van der Waals surface area contributed by atoms with Crippen LogP contribution in [0.1, 0.15) is 11.1 Å². The van der Waals surface area contributed by atoms with Crippen molar-refractivity contribution in [2.24, 2.45) is 0 Å². The van der Waals surface area contributed by atoms with E-state index >= 15 is 0 Å². The molecule has 1 aromatic rings. The van der Waals surface area contributed by atoms with Gasteiger partial charge < -0.3 is 4.74 Å². The molecule has 1 rings (SSSR count). The molecule has 0 saturated heterocycles. The number of ether oxygens (including phenoxy) is 1. The van der Waals surface area contributed by atoms with Crippen molar-refractivity contribution in [2.75, 3.05) is 7.11 Å². The normalized spacial score (nSPS) is 11.8. The van der Waals surface area contributed by atoms with Crippen molar-refractivity contribution in [1.29, 1.82) is 0 Å². The SMILES string of the molecule is COCc1c(F)cccc1C(F)(F)F. The molecular formula is C9H8F4O. The molecule has 0 aliphatic heterocycles. The van der Waals surface area contributed by atoms with Gasteiger partial charge in [-0.15, -0.1) is 0 Å². The Balaban J connectivity index is 3.21. The van der Waals surface area contributed by atoms with E-state index in [1.165, 1.54) is 7.11 Å². The summed E-state index contributed by atoms with van der Waals surface area (Å²) < 4.78 is 54.5. The molecule has 78 valence electrons. The van der Waals surface area contributed by atoms with E-state index in [1.807, 2.05) is 0 Å². The summed E-state index contributed by atoms with van der Waals surface area (Å²) in [5.41, 5.74) is -1.44. The lowest BCUT2D eigenvalue weighted by molar-refractivity contribution is -0.139. The van der Waals surface area contributed by atoms with E-state index in [-0.39, 0.29) is 6.61 Å². The molecule has 0 aliphatic carbocycles. The summed E-state index contributed by atoms with van der Waals surface area (Å²) in [6.45, 7) is -0.387. The molecule has 0 fully saturated rings. The van der Waals surface area contributed by atoms with Gasteiger partial charge in [-0.2, -0.15) is 13.2 Å². The van der Waals surface area contributed by atoms with Gasteiger partial charge in [0.1, 0.15) is 5.82 Å². The molecule has 0 atom stereocenters. The molecule has 0 spiro atoms. The van der Waals surface area contributed by atoms with E-state index < -0.39 is 23.1 Å². The standard InChI is InChI=1S/C9H8F4O/c1-14-5-6-7(9(11,12)13)3-2-4-8(6)10/h2-4H,5H2,1H3. The fourth-order valence-electron chi connectivity index (χ4n) is 1.12. The molecule has 0 aromatic heterocycles. The largest absolute Gasteiger partial charge is 0.416 e. The Morgan fingerprint density at radius 2 is 1.93 bits per heavy atom. The Morgan fingerprint density at radius 1 is 1.29 bits per heavy atom. The van der Waals surface area contributed by atoms with Crippen LogP contribution in [0.15, 0.2) is 18.2 Å². The third-order valence-corrected chi connectivity index (χ3v) is 1.71. The molecule has 0 amide bonds. The lowest BCUT2D eigenvalue weighted by Gasteiger charge is -2.12. The average molecular weight is 208 g/mol. The van der Waals surface area contributed by atoms with E-state index in [1.54, 1.807) is 0 Å². The predicted molar refractivity (Wildman–Crippen MR) is 42.1 cm³/mol. The first-order valence-electron chi connectivity index (χ1n) is 3.80. The zero-order valence-corrected chi connectivity index (χ0v) is 7.36. The molecule has 14 heavy (non-hydrogen) atoms. The van der Waals surface area contributed by atoms with Crippen molar-refractivity contribution in [2.45, 2.75) is 12.8 Å². The van der Waals surface area contributed by atoms with Crippen LogP contribution >= 0.6 is 0 Å². The maximum Gasteiger partial charge on any atom is 0.416 e. The highest BCUT2D eigenvalue weighted by Crippen LogP contribution is 2.33. The third-order valence-electron chi connectivity index (χ3n) is 1.71. The molecule has 0 aliphatic rings. The number of hydrogen-bond donors (Lipinski definition) is 0. The van der Waals surface area contributed by atoms with Gasteiger partial charge in [0.25, 0.3) is 0 Å². The Kier molecular flexibility index (Phi) is 3.10. The van der Waals surface area contributed by atoms with Crippen molar-refractivity contribution >= 4 is 0 Å². The predicted octanol–water partition coefficient (Wildman–Crippen LogP) is 2.99. The smallest absolute Gasteiger partial charge is 0.380 e. The first kappa shape index (κ1) is 11.0. The molecule has 5 heteroatoms. The van der Waals surface area contributed by atoms with Crippen LogP contribution in [0.3, 0.4) is 0 Å². The highest BCUT2D eigenvalue weighted by atomic mass is 19.4. The van der Waals surface area contributed by atoms with E-state index in [0.29, 0.717) is 0 Å². The first-order valence-corrected chi connectivity index (χ1v) is 3.80. The van der Waals surface area contributed by atoms with Gasteiger partial charge in [0.2, 0.25) is 0 Å². The highest BCUT2D eigenvalue weighted by molar-refractivity contribution is 5.30. The molecule has 0 radical (unpaired) electrons. The van der Waals surface area contributed by atoms with Crippen molar-refractivity contribution in [3.63, 3.8) is 0 Å². The molecule has 0 unspecified atom stereocenters. The van der Waals surface area contributed by atoms with Crippen molar-refractivity contribution in [3.05, 3.63) is 35.1 Å². The van der Waals surface area contributed by atoms with Gasteiger partial charge in [-0.25, -0.2) is 4.39 Å². The zero-order chi connectivity index (χ0) is 10.8. The topological polar surface area (TPSA) is 9.23 Å². The Bertz CT molecular complexity index is 319. The second-order valence-corrected chi connectivity index (χ2v) is 2.70. The highest BCUT2D eigenvalue weighted by Gasteiger charge is 2.34. The van der Waals surface area contributed by atoms with E-state index in [9.17, 15) is 17.6 Å². The van der Waals surface area contributed by atoms with Gasteiger partial charge >= 0.3 is 6.18 Å². The maximum absolute atomic E-state index is 13.0. The van der Waals surface area contributed by atoms with Crippen LogP contribution in [0.2, 0.25) is 0 Å². The fraction of sp³-hybridized carbons (Fsp3) is 0.333. The molecule has 1 aromatic carbocycles. The van der Waals surface area contributed by atoms with Crippen LogP contribution < -0.4 is 0 Å². The average Bonchev–Trinajstić information content (AvgIpc) is 2.07. The number of rotatable bonds is 2. The summed E-state index contributed by atoms with van der Waals surface area (Å²) in [5, 5.41) is 0. The molecule has 1 nitrogen and oxygen atoms in total. The van der Waals surface area contributed by atoms with Crippen LogP contribution in [0.25, 0.3) is 0 Å². The van der Waals surface area contributed by atoms with Crippen LogP contribution in [0, 0.1) is 5.82 Å². The summed E-state index contributed by atoms with van der Waals surface area (Å²) in [5.74, 6) is -0.901. The summed E-state index contributed by atoms with van der Waals surface area (Å²) in [7, 11) is 1.21. The van der Waals surface area contributed by atoms with Crippen LogP contribution in [-0.4, -0.2) is 7.11 Å². The summed E-state index contributed by atoms with van der Waals surface area (Å²) in [4.78, 5) is 0. The van der Waals surface area contributed by atoms with Gasteiger partial charge in [0, 0.05) is 12.7 Å². The number of halogens is 4. The molecule has 0 N–H and O–H groups in total. The molecule has 0 heterocycles. The number of hydrogen-bond acceptors (Lipinski definition) is 1. The van der Waals surface area contributed by atoms with Crippen LogP contribution in [0.4, 0.5) is 17.6 Å². The van der Waals surface area contributed by atoms with Gasteiger partial charge in [-0.05, 0) is 12.1 Å². The molecular weight excluding hydrogens is 200 g/mol. The van der Waals surface area contributed by atoms with Crippen molar-refractivity contribution in [3.8, 4) is 0 Å². The van der Waals surface area contributed by atoms with Crippen molar-refractivity contribution < 1.29 is 22.3 Å². The number of alkyl halides is 3. The Hall–Kier alpha value is -1.10. The Morgan fingerprint density at radius 3 is 2.43 bits per heavy atom. The minimum absolute atomic E-state index is 0.387. The Labute approximate surface area is 78.3 Å². The van der Waals surface area contributed by atoms with Gasteiger partial charge in [0.05, 0.1) is 12.2 Å². The zero-order valence-electron chi connectivity index (χ0n) is 7.36. The molecule has 0 saturated carbocycles. The minimum atomic E-state index is -4.55. The summed E-state index contributed by atoms with van der Waals surface area (Å²) in [6, 6.07) is 2.83. The summed E-state index contributed by atoms with van der Waals surface area (Å²) >= 11 is 0. The lowest BCUT2D eigenvalue weighted by Crippen LogP contribution is -2.11. The van der Waals surface area contributed by atoms with Crippen LogP contribution in [-0.2, 0) is 17.5 Å².